The molecule has 0 atom stereocenters. The van der Waals surface area contributed by atoms with Crippen LogP contribution in [-0.4, -0.2) is 35.2 Å². The van der Waals surface area contributed by atoms with Crippen LogP contribution >= 0.6 is 11.3 Å². The maximum atomic E-state index is 13.0. The topological polar surface area (TPSA) is 84.4 Å². The van der Waals surface area contributed by atoms with Crippen molar-refractivity contribution in [3.8, 4) is 0 Å². The smallest absolute Gasteiger partial charge is 0.338 e. The Morgan fingerprint density at radius 2 is 1.90 bits per heavy atom. The van der Waals surface area contributed by atoms with Gasteiger partial charge in [0.1, 0.15) is 10.8 Å². The van der Waals surface area contributed by atoms with E-state index >= 15 is 0 Å². The molecule has 1 heterocycles. The molecule has 0 bridgehead atoms. The second kappa shape index (κ2) is 9.93. The van der Waals surface area contributed by atoms with E-state index in [-0.39, 0.29) is 16.8 Å². The first-order valence-electron chi connectivity index (χ1n) is 9.41. The standard InChI is InChI=1S/C21H21FN4O3S/c1-3-26(17-7-5-6-14(12-17)21(28)29-4-2)13-18-24-25-20(30-18)19(27)23-16-10-8-15(22)9-11-16/h5-12H,3-4,13H2,1-2H3,(H,23,27). The van der Waals surface area contributed by atoms with Gasteiger partial charge >= 0.3 is 5.97 Å². The molecule has 0 radical (unpaired) electrons. The largest absolute Gasteiger partial charge is 0.462 e. The summed E-state index contributed by atoms with van der Waals surface area (Å²) in [5.41, 5.74) is 1.80. The van der Waals surface area contributed by atoms with E-state index < -0.39 is 5.91 Å². The molecule has 1 aromatic heterocycles. The zero-order valence-electron chi connectivity index (χ0n) is 16.6. The molecule has 9 heteroatoms. The lowest BCUT2D eigenvalue weighted by atomic mass is 10.2. The Labute approximate surface area is 177 Å². The predicted molar refractivity (Wildman–Crippen MR) is 113 cm³/mol. The molecule has 30 heavy (non-hydrogen) atoms. The number of hydrogen-bond acceptors (Lipinski definition) is 7. The molecule has 1 N–H and O–H groups in total. The van der Waals surface area contributed by atoms with Gasteiger partial charge in [0.2, 0.25) is 5.01 Å². The third-order valence-electron chi connectivity index (χ3n) is 4.19. The van der Waals surface area contributed by atoms with Crippen LogP contribution in [0, 0.1) is 5.82 Å². The molecular weight excluding hydrogens is 407 g/mol. The average Bonchev–Trinajstić information content (AvgIpc) is 3.23. The summed E-state index contributed by atoms with van der Waals surface area (Å²) in [5, 5.41) is 11.6. The van der Waals surface area contributed by atoms with E-state index in [0.717, 1.165) is 5.69 Å². The molecule has 3 aromatic rings. The maximum Gasteiger partial charge on any atom is 0.338 e. The number of amides is 1. The normalized spacial score (nSPS) is 10.5. The lowest BCUT2D eigenvalue weighted by molar-refractivity contribution is 0.0526. The number of hydrogen-bond donors (Lipinski definition) is 1. The summed E-state index contributed by atoms with van der Waals surface area (Å²) in [4.78, 5) is 26.4. The number of halogens is 1. The number of nitrogens with zero attached hydrogens (tertiary/aromatic N) is 3. The number of ether oxygens (including phenoxy) is 1. The molecule has 0 unspecified atom stereocenters. The van der Waals surface area contributed by atoms with Gasteiger partial charge in [-0.25, -0.2) is 9.18 Å². The summed E-state index contributed by atoms with van der Waals surface area (Å²) in [7, 11) is 0. The molecule has 0 spiro atoms. The second-order valence-corrected chi connectivity index (χ2v) is 7.31. The van der Waals surface area contributed by atoms with Crippen molar-refractivity contribution in [1.82, 2.24) is 10.2 Å². The minimum atomic E-state index is -0.405. The van der Waals surface area contributed by atoms with Crippen LogP contribution < -0.4 is 10.2 Å². The number of esters is 1. The predicted octanol–water partition coefficient (Wildman–Crippen LogP) is 4.13. The van der Waals surface area contributed by atoms with E-state index in [0.29, 0.717) is 36.0 Å². The summed E-state index contributed by atoms with van der Waals surface area (Å²) in [6, 6.07) is 12.7. The molecule has 0 saturated carbocycles. The fourth-order valence-electron chi connectivity index (χ4n) is 2.72. The first-order chi connectivity index (χ1) is 14.5. The highest BCUT2D eigenvalue weighted by Crippen LogP contribution is 2.21. The summed E-state index contributed by atoms with van der Waals surface area (Å²) in [5.74, 6) is -1.15. The number of carbonyl (C=O) groups is 2. The third kappa shape index (κ3) is 5.38. The van der Waals surface area contributed by atoms with E-state index in [1.165, 1.54) is 35.6 Å². The summed E-state index contributed by atoms with van der Waals surface area (Å²) >= 11 is 1.18. The first-order valence-corrected chi connectivity index (χ1v) is 10.2. The average molecular weight is 428 g/mol. The van der Waals surface area contributed by atoms with Crippen LogP contribution in [0.1, 0.15) is 39.0 Å². The number of benzene rings is 2. The van der Waals surface area contributed by atoms with Gasteiger partial charge in [-0.15, -0.1) is 10.2 Å². The van der Waals surface area contributed by atoms with E-state index in [4.69, 9.17) is 4.74 Å². The number of nitrogens with one attached hydrogen (secondary N) is 1. The number of anilines is 2. The van der Waals surface area contributed by atoms with Crippen LogP contribution in [0.15, 0.2) is 48.5 Å². The summed E-state index contributed by atoms with van der Waals surface area (Å²) in [6.07, 6.45) is 0. The Bertz CT molecular complexity index is 1020. The van der Waals surface area contributed by atoms with Gasteiger partial charge in [-0.2, -0.15) is 0 Å². The zero-order valence-corrected chi connectivity index (χ0v) is 17.4. The Kier molecular flexibility index (Phi) is 7.08. The van der Waals surface area contributed by atoms with Gasteiger partial charge in [0.15, 0.2) is 0 Å². The lowest BCUT2D eigenvalue weighted by Gasteiger charge is -2.22. The molecule has 7 nitrogen and oxygen atoms in total. The van der Waals surface area contributed by atoms with Gasteiger partial charge in [0.05, 0.1) is 18.7 Å². The fourth-order valence-corrected chi connectivity index (χ4v) is 3.47. The molecule has 0 aliphatic heterocycles. The monoisotopic (exact) mass is 428 g/mol. The van der Waals surface area contributed by atoms with Crippen LogP contribution in [-0.2, 0) is 11.3 Å². The molecule has 0 saturated heterocycles. The molecule has 156 valence electrons. The van der Waals surface area contributed by atoms with E-state index in [9.17, 15) is 14.0 Å². The van der Waals surface area contributed by atoms with Crippen molar-refractivity contribution >= 4 is 34.6 Å². The van der Waals surface area contributed by atoms with Crippen molar-refractivity contribution in [2.24, 2.45) is 0 Å². The van der Waals surface area contributed by atoms with Crippen molar-refractivity contribution in [2.75, 3.05) is 23.4 Å². The van der Waals surface area contributed by atoms with Gasteiger partial charge < -0.3 is 15.0 Å². The van der Waals surface area contributed by atoms with Gasteiger partial charge in [-0.1, -0.05) is 17.4 Å². The maximum absolute atomic E-state index is 13.0. The highest BCUT2D eigenvalue weighted by atomic mass is 32.1. The Balaban J connectivity index is 1.69. The van der Waals surface area contributed by atoms with Gasteiger partial charge in [-0.3, -0.25) is 4.79 Å². The van der Waals surface area contributed by atoms with Crippen molar-refractivity contribution in [3.63, 3.8) is 0 Å². The van der Waals surface area contributed by atoms with Crippen molar-refractivity contribution in [3.05, 3.63) is 69.9 Å². The molecular formula is C21H21FN4O3S. The van der Waals surface area contributed by atoms with Gasteiger partial charge in [0, 0.05) is 17.9 Å². The van der Waals surface area contributed by atoms with Crippen molar-refractivity contribution < 1.29 is 18.7 Å². The van der Waals surface area contributed by atoms with E-state index in [1.807, 2.05) is 17.9 Å². The SMILES string of the molecule is CCOC(=O)c1cccc(N(CC)Cc2nnc(C(=O)Nc3ccc(F)cc3)s2)c1. The van der Waals surface area contributed by atoms with Crippen molar-refractivity contribution in [1.29, 1.82) is 0 Å². The second-order valence-electron chi connectivity index (χ2n) is 6.25. The molecule has 2 aromatic carbocycles. The summed E-state index contributed by atoms with van der Waals surface area (Å²) < 4.78 is 18.0. The van der Waals surface area contributed by atoms with Crippen LogP contribution in [0.4, 0.5) is 15.8 Å². The number of aromatic nitrogens is 2. The highest BCUT2D eigenvalue weighted by molar-refractivity contribution is 7.13. The molecule has 0 fully saturated rings. The van der Waals surface area contributed by atoms with Crippen LogP contribution in [0.2, 0.25) is 0 Å². The number of carbonyl (C=O) groups excluding carboxylic acids is 2. The minimum absolute atomic E-state index is 0.214. The minimum Gasteiger partial charge on any atom is -0.462 e. The zero-order chi connectivity index (χ0) is 21.5. The van der Waals surface area contributed by atoms with Crippen LogP contribution in [0.25, 0.3) is 0 Å². The third-order valence-corrected chi connectivity index (χ3v) is 5.10. The Morgan fingerprint density at radius 3 is 2.60 bits per heavy atom. The first kappa shape index (κ1) is 21.4. The Hall–Kier alpha value is -3.33. The molecule has 1 amide bonds. The van der Waals surface area contributed by atoms with Gasteiger partial charge in [-0.05, 0) is 56.3 Å². The molecule has 3 rings (SSSR count). The van der Waals surface area contributed by atoms with E-state index in [2.05, 4.69) is 15.5 Å². The summed E-state index contributed by atoms with van der Waals surface area (Å²) in [6.45, 7) is 5.17. The molecule has 0 aliphatic rings. The quantitative estimate of drug-likeness (QED) is 0.543. The van der Waals surface area contributed by atoms with E-state index in [1.54, 1.807) is 25.1 Å². The Morgan fingerprint density at radius 1 is 1.13 bits per heavy atom. The van der Waals surface area contributed by atoms with Crippen LogP contribution in [0.5, 0.6) is 0 Å². The number of rotatable bonds is 8. The highest BCUT2D eigenvalue weighted by Gasteiger charge is 2.16. The van der Waals surface area contributed by atoms with Crippen LogP contribution in [0.3, 0.4) is 0 Å². The van der Waals surface area contributed by atoms with Crippen molar-refractivity contribution in [2.45, 2.75) is 20.4 Å². The van der Waals surface area contributed by atoms with Gasteiger partial charge in [0.25, 0.3) is 5.91 Å². The molecule has 0 aliphatic carbocycles. The fraction of sp³-hybridized carbons (Fsp3) is 0.238. The lowest BCUT2D eigenvalue weighted by Crippen LogP contribution is -2.22.